The third kappa shape index (κ3) is 2.58. The van der Waals surface area contributed by atoms with Crippen LogP contribution >= 0.6 is 0 Å². The first-order valence-corrected chi connectivity index (χ1v) is 2.57. The van der Waals surface area contributed by atoms with Crippen LogP contribution in [0.5, 0.6) is 0 Å². The van der Waals surface area contributed by atoms with E-state index in [-0.39, 0.29) is 18.6 Å². The molecule has 0 aromatic rings. The van der Waals surface area contributed by atoms with Crippen molar-refractivity contribution in [3.05, 3.63) is 0 Å². The molecule has 0 heterocycles. The Morgan fingerprint density at radius 1 is 1.75 bits per heavy atom. The molecule has 0 aliphatic rings. The van der Waals surface area contributed by atoms with Crippen molar-refractivity contribution in [2.45, 2.75) is 13.8 Å². The lowest BCUT2D eigenvalue weighted by Gasteiger charge is -2.01. The van der Waals surface area contributed by atoms with E-state index >= 15 is 0 Å². The Bertz CT molecular complexity index is 80.5. The Morgan fingerprint density at radius 3 is 2.38 bits per heavy atom. The average molecular weight is 117 g/mol. The Labute approximate surface area is 48.7 Å². The number of carbonyl (C=O) groups is 1. The number of aliphatic hydroxyl groups excluding tert-OH is 1. The summed E-state index contributed by atoms with van der Waals surface area (Å²) in [5.41, 5.74) is 0. The van der Waals surface area contributed by atoms with Crippen LogP contribution in [0.25, 0.3) is 0 Å². The minimum atomic E-state index is -0.267. The maximum absolute atomic E-state index is 10.5. The number of aliphatic hydroxyl groups is 1. The highest BCUT2D eigenvalue weighted by atomic mass is 16.3. The standard InChI is InChI=1S/C5H11NO2/c1-4(2)5(8)6-3-7/h4,7H,3H2,1-2H3,(H,6,8). The second-order valence-electron chi connectivity index (χ2n) is 1.85. The zero-order chi connectivity index (χ0) is 6.57. The SMILES string of the molecule is CC(C)C(=O)NCO. The largest absolute Gasteiger partial charge is 0.377 e. The van der Waals surface area contributed by atoms with E-state index in [0.29, 0.717) is 0 Å². The molecule has 3 heteroatoms. The summed E-state index contributed by atoms with van der Waals surface area (Å²) < 4.78 is 0. The van der Waals surface area contributed by atoms with Crippen molar-refractivity contribution in [1.82, 2.24) is 5.32 Å². The minimum absolute atomic E-state index is 0.0397. The molecule has 0 aliphatic heterocycles. The molecular weight excluding hydrogens is 106 g/mol. The first-order chi connectivity index (χ1) is 3.68. The minimum Gasteiger partial charge on any atom is -0.377 e. The number of carbonyl (C=O) groups excluding carboxylic acids is 1. The number of amides is 1. The lowest BCUT2D eigenvalue weighted by Crippen LogP contribution is -2.28. The summed E-state index contributed by atoms with van der Waals surface area (Å²) in [7, 11) is 0. The maximum Gasteiger partial charge on any atom is 0.224 e. The molecule has 0 aromatic carbocycles. The fraction of sp³-hybridized carbons (Fsp3) is 0.800. The van der Waals surface area contributed by atoms with E-state index < -0.39 is 0 Å². The van der Waals surface area contributed by atoms with Crippen LogP contribution in [0.4, 0.5) is 0 Å². The van der Waals surface area contributed by atoms with Gasteiger partial charge in [0.15, 0.2) is 0 Å². The number of nitrogens with one attached hydrogen (secondary N) is 1. The van der Waals surface area contributed by atoms with Crippen molar-refractivity contribution in [2.24, 2.45) is 5.92 Å². The zero-order valence-corrected chi connectivity index (χ0v) is 5.14. The molecule has 0 aromatic heterocycles. The van der Waals surface area contributed by atoms with Crippen molar-refractivity contribution in [1.29, 1.82) is 0 Å². The van der Waals surface area contributed by atoms with Gasteiger partial charge in [0.05, 0.1) is 0 Å². The summed E-state index contributed by atoms with van der Waals surface area (Å²) in [5.74, 6) is -0.158. The van der Waals surface area contributed by atoms with Gasteiger partial charge in [-0.25, -0.2) is 0 Å². The van der Waals surface area contributed by atoms with E-state index in [0.717, 1.165) is 0 Å². The van der Waals surface area contributed by atoms with E-state index in [4.69, 9.17) is 5.11 Å². The maximum atomic E-state index is 10.5. The van der Waals surface area contributed by atoms with E-state index in [9.17, 15) is 4.79 Å². The van der Waals surface area contributed by atoms with Crippen molar-refractivity contribution < 1.29 is 9.90 Å². The highest BCUT2D eigenvalue weighted by Crippen LogP contribution is 1.88. The Hall–Kier alpha value is -0.570. The highest BCUT2D eigenvalue weighted by Gasteiger charge is 2.02. The number of rotatable bonds is 2. The van der Waals surface area contributed by atoms with Crippen LogP contribution in [0, 0.1) is 5.92 Å². The first kappa shape index (κ1) is 7.43. The van der Waals surface area contributed by atoms with Gasteiger partial charge in [-0.05, 0) is 0 Å². The van der Waals surface area contributed by atoms with Crippen LogP contribution in [-0.4, -0.2) is 17.7 Å². The molecular formula is C5H11NO2. The van der Waals surface area contributed by atoms with Gasteiger partial charge in [0.25, 0.3) is 0 Å². The first-order valence-electron chi connectivity index (χ1n) is 2.57. The van der Waals surface area contributed by atoms with Gasteiger partial charge in [-0.15, -0.1) is 0 Å². The van der Waals surface area contributed by atoms with Gasteiger partial charge in [-0.2, -0.15) is 0 Å². The number of hydrogen-bond acceptors (Lipinski definition) is 2. The summed E-state index contributed by atoms with van der Waals surface area (Å²) in [6.07, 6.45) is 0. The topological polar surface area (TPSA) is 49.3 Å². The number of hydrogen-bond donors (Lipinski definition) is 2. The normalized spacial score (nSPS) is 9.50. The van der Waals surface area contributed by atoms with E-state index in [1.165, 1.54) is 0 Å². The van der Waals surface area contributed by atoms with Gasteiger partial charge >= 0.3 is 0 Å². The van der Waals surface area contributed by atoms with Crippen LogP contribution in [0.1, 0.15) is 13.8 Å². The van der Waals surface area contributed by atoms with E-state index in [1.807, 2.05) is 0 Å². The second kappa shape index (κ2) is 3.43. The van der Waals surface area contributed by atoms with Crippen molar-refractivity contribution in [3.8, 4) is 0 Å². The molecule has 8 heavy (non-hydrogen) atoms. The van der Waals surface area contributed by atoms with Crippen LogP contribution < -0.4 is 5.32 Å². The Balaban J connectivity index is 3.33. The average Bonchev–Trinajstić information content (AvgIpc) is 1.67. The molecule has 0 saturated carbocycles. The molecule has 2 N–H and O–H groups in total. The summed E-state index contributed by atoms with van der Waals surface area (Å²) in [6, 6.07) is 0. The molecule has 0 fully saturated rings. The molecule has 0 rings (SSSR count). The third-order valence-electron chi connectivity index (χ3n) is 0.778. The summed E-state index contributed by atoms with van der Waals surface area (Å²) in [5, 5.41) is 10.4. The molecule has 0 saturated heterocycles. The predicted octanol–water partition coefficient (Wildman–Crippen LogP) is -0.292. The lowest BCUT2D eigenvalue weighted by molar-refractivity contribution is -0.125. The fourth-order valence-electron chi connectivity index (χ4n) is 0.282. The Kier molecular flexibility index (Phi) is 3.19. The van der Waals surface area contributed by atoms with Crippen molar-refractivity contribution >= 4 is 5.91 Å². The molecule has 1 amide bonds. The molecule has 0 atom stereocenters. The van der Waals surface area contributed by atoms with Crippen LogP contribution in [-0.2, 0) is 4.79 Å². The van der Waals surface area contributed by atoms with Crippen molar-refractivity contribution in [3.63, 3.8) is 0 Å². The molecule has 0 unspecified atom stereocenters. The van der Waals surface area contributed by atoms with E-state index in [1.54, 1.807) is 13.8 Å². The molecule has 3 nitrogen and oxygen atoms in total. The molecule has 48 valence electrons. The molecule has 0 spiro atoms. The monoisotopic (exact) mass is 117 g/mol. The predicted molar refractivity (Wildman–Crippen MR) is 30.1 cm³/mol. The second-order valence-corrected chi connectivity index (χ2v) is 1.85. The van der Waals surface area contributed by atoms with Gasteiger partial charge in [-0.3, -0.25) is 4.79 Å². The van der Waals surface area contributed by atoms with Crippen LogP contribution in [0.15, 0.2) is 0 Å². The molecule has 0 bridgehead atoms. The van der Waals surface area contributed by atoms with E-state index in [2.05, 4.69) is 5.32 Å². The summed E-state index contributed by atoms with van der Waals surface area (Å²) in [6.45, 7) is 3.27. The quantitative estimate of drug-likeness (QED) is 0.488. The van der Waals surface area contributed by atoms with Crippen LogP contribution in [0.2, 0.25) is 0 Å². The zero-order valence-electron chi connectivity index (χ0n) is 5.14. The highest BCUT2D eigenvalue weighted by molar-refractivity contribution is 5.77. The Morgan fingerprint density at radius 2 is 2.25 bits per heavy atom. The molecule has 0 radical (unpaired) electrons. The van der Waals surface area contributed by atoms with Gasteiger partial charge in [0.2, 0.25) is 5.91 Å². The molecule has 0 aliphatic carbocycles. The van der Waals surface area contributed by atoms with Crippen molar-refractivity contribution in [2.75, 3.05) is 6.73 Å². The van der Waals surface area contributed by atoms with Gasteiger partial charge in [0.1, 0.15) is 6.73 Å². The smallest absolute Gasteiger partial charge is 0.224 e. The third-order valence-corrected chi connectivity index (χ3v) is 0.778. The van der Waals surface area contributed by atoms with Crippen LogP contribution in [0.3, 0.4) is 0 Å². The lowest BCUT2D eigenvalue weighted by atomic mass is 10.2. The summed E-state index contributed by atoms with van der Waals surface area (Å²) in [4.78, 5) is 10.5. The van der Waals surface area contributed by atoms with Gasteiger partial charge < -0.3 is 10.4 Å². The summed E-state index contributed by atoms with van der Waals surface area (Å²) >= 11 is 0. The van der Waals surface area contributed by atoms with Gasteiger partial charge in [-0.1, -0.05) is 13.8 Å². The fourth-order valence-corrected chi connectivity index (χ4v) is 0.282. The van der Waals surface area contributed by atoms with Gasteiger partial charge in [0, 0.05) is 5.92 Å².